The molecule has 1 aromatic carbocycles. The molecule has 1 aliphatic rings. The molecule has 0 unspecified atom stereocenters. The predicted molar refractivity (Wildman–Crippen MR) is 83.0 cm³/mol. The van der Waals surface area contributed by atoms with Crippen LogP contribution in [0.5, 0.6) is 0 Å². The molecule has 23 heavy (non-hydrogen) atoms. The molecule has 0 radical (unpaired) electrons. The molecule has 1 fully saturated rings. The van der Waals surface area contributed by atoms with Crippen LogP contribution in [0.2, 0.25) is 0 Å². The van der Waals surface area contributed by atoms with Gasteiger partial charge in [0.15, 0.2) is 0 Å². The largest absolute Gasteiger partial charge is 0.416 e. The van der Waals surface area contributed by atoms with Crippen molar-refractivity contribution < 1.29 is 18.0 Å². The highest BCUT2D eigenvalue weighted by Gasteiger charge is 2.30. The van der Waals surface area contributed by atoms with E-state index in [2.05, 4.69) is 10.2 Å². The minimum Gasteiger partial charge on any atom is -0.354 e. The summed E-state index contributed by atoms with van der Waals surface area (Å²) in [6.45, 7) is 1.26. The lowest BCUT2D eigenvalue weighted by Crippen LogP contribution is -2.45. The molecule has 3 nitrogen and oxygen atoms in total. The van der Waals surface area contributed by atoms with Gasteiger partial charge in [-0.1, -0.05) is 31.0 Å². The summed E-state index contributed by atoms with van der Waals surface area (Å²) in [5.74, 6) is -0.0265. The molecule has 1 aliphatic heterocycles. The number of amides is 1. The Balaban J connectivity index is 1.86. The zero-order chi connectivity index (χ0) is 16.9. The number of hydrogen-bond donors (Lipinski definition) is 1. The van der Waals surface area contributed by atoms with Gasteiger partial charge < -0.3 is 5.32 Å². The topological polar surface area (TPSA) is 32.3 Å². The van der Waals surface area contributed by atoms with Crippen molar-refractivity contribution in [3.63, 3.8) is 0 Å². The van der Waals surface area contributed by atoms with Crippen molar-refractivity contribution in [3.8, 4) is 0 Å². The fourth-order valence-electron chi connectivity index (χ4n) is 2.93. The molecule has 0 aliphatic carbocycles. The van der Waals surface area contributed by atoms with Gasteiger partial charge in [-0.25, -0.2) is 0 Å². The first-order valence-electron chi connectivity index (χ1n) is 8.02. The first kappa shape index (κ1) is 17.8. The van der Waals surface area contributed by atoms with Crippen LogP contribution in [0.15, 0.2) is 24.3 Å². The Hall–Kier alpha value is -1.56. The third kappa shape index (κ3) is 5.23. The van der Waals surface area contributed by atoms with E-state index in [9.17, 15) is 18.0 Å². The number of rotatable bonds is 4. The number of nitrogens with zero attached hydrogens (tertiary/aromatic N) is 1. The number of benzene rings is 1. The number of carbonyl (C=O) groups excluding carboxylic acids is 1. The van der Waals surface area contributed by atoms with Crippen molar-refractivity contribution in [2.75, 3.05) is 20.1 Å². The lowest BCUT2D eigenvalue weighted by Gasteiger charge is -2.24. The fraction of sp³-hybridized carbons (Fsp3) is 0.588. The highest BCUT2D eigenvalue weighted by atomic mass is 19.4. The van der Waals surface area contributed by atoms with Crippen LogP contribution in [0.1, 0.15) is 36.8 Å². The Labute approximate surface area is 134 Å². The van der Waals surface area contributed by atoms with Crippen LogP contribution < -0.4 is 5.32 Å². The van der Waals surface area contributed by atoms with Crippen molar-refractivity contribution in [1.29, 1.82) is 0 Å². The summed E-state index contributed by atoms with van der Waals surface area (Å²) in [6, 6.07) is 5.13. The summed E-state index contributed by atoms with van der Waals surface area (Å²) in [5.41, 5.74) is -0.0702. The summed E-state index contributed by atoms with van der Waals surface area (Å²) in [4.78, 5) is 14.3. The second-order valence-corrected chi connectivity index (χ2v) is 6.08. The van der Waals surface area contributed by atoms with Crippen LogP contribution >= 0.6 is 0 Å². The van der Waals surface area contributed by atoms with Crippen LogP contribution in [0, 0.1) is 0 Å². The number of nitrogens with one attached hydrogen (secondary N) is 1. The highest BCUT2D eigenvalue weighted by molar-refractivity contribution is 5.81. The summed E-state index contributed by atoms with van der Waals surface area (Å²) < 4.78 is 38.0. The van der Waals surface area contributed by atoms with Crippen molar-refractivity contribution in [2.24, 2.45) is 0 Å². The Morgan fingerprint density at radius 1 is 1.30 bits per heavy atom. The van der Waals surface area contributed by atoms with E-state index in [0.717, 1.165) is 44.4 Å². The van der Waals surface area contributed by atoms with Crippen molar-refractivity contribution >= 4 is 5.91 Å². The maximum atomic E-state index is 12.7. The second-order valence-electron chi connectivity index (χ2n) is 6.08. The minimum absolute atomic E-state index is 0.0265. The number of likely N-dealkylation sites (N-methyl/N-ethyl adjacent to an activating group) is 1. The first-order valence-corrected chi connectivity index (χ1v) is 8.02. The van der Waals surface area contributed by atoms with Gasteiger partial charge in [-0.05, 0) is 44.5 Å². The van der Waals surface area contributed by atoms with E-state index in [0.29, 0.717) is 18.5 Å². The molecule has 0 aromatic heterocycles. The van der Waals surface area contributed by atoms with E-state index in [1.807, 2.05) is 7.05 Å². The van der Waals surface area contributed by atoms with Crippen molar-refractivity contribution in [2.45, 2.75) is 44.3 Å². The molecule has 1 heterocycles. The van der Waals surface area contributed by atoms with E-state index < -0.39 is 11.7 Å². The van der Waals surface area contributed by atoms with Crippen LogP contribution in [-0.4, -0.2) is 37.0 Å². The Bertz CT molecular complexity index is 531. The highest BCUT2D eigenvalue weighted by Crippen LogP contribution is 2.29. The summed E-state index contributed by atoms with van der Waals surface area (Å²) in [6.07, 6.45) is 0.180. The third-order valence-electron chi connectivity index (χ3n) is 4.29. The molecule has 2 rings (SSSR count). The van der Waals surface area contributed by atoms with Crippen molar-refractivity contribution in [1.82, 2.24) is 10.2 Å². The summed E-state index contributed by atoms with van der Waals surface area (Å²) in [5, 5.41) is 2.86. The molecule has 1 atom stereocenters. The van der Waals surface area contributed by atoms with Gasteiger partial charge in [0.2, 0.25) is 5.91 Å². The number of hydrogen-bond acceptors (Lipinski definition) is 2. The number of likely N-dealkylation sites (tertiary alicyclic amines) is 1. The van der Waals surface area contributed by atoms with Crippen LogP contribution in [-0.2, 0) is 17.4 Å². The van der Waals surface area contributed by atoms with Crippen molar-refractivity contribution in [3.05, 3.63) is 35.4 Å². The Kier molecular flexibility index (Phi) is 6.04. The molecular formula is C17H23F3N2O. The van der Waals surface area contributed by atoms with E-state index >= 15 is 0 Å². The number of halogens is 3. The zero-order valence-electron chi connectivity index (χ0n) is 13.3. The molecule has 1 aromatic rings. The minimum atomic E-state index is -4.33. The number of carbonyl (C=O) groups is 1. The SMILES string of the molecule is CN1CCCCC[C@@H]1C(=O)NCCc1cccc(C(F)(F)F)c1. The molecular weight excluding hydrogens is 305 g/mol. The lowest BCUT2D eigenvalue weighted by atomic mass is 10.1. The van der Waals surface area contributed by atoms with Crippen LogP contribution in [0.4, 0.5) is 13.2 Å². The molecule has 128 valence electrons. The molecule has 6 heteroatoms. The molecule has 1 N–H and O–H groups in total. The Morgan fingerprint density at radius 2 is 2.09 bits per heavy atom. The molecule has 0 bridgehead atoms. The molecule has 0 saturated carbocycles. The maximum absolute atomic E-state index is 12.7. The lowest BCUT2D eigenvalue weighted by molar-refractivity contribution is -0.137. The number of alkyl halides is 3. The maximum Gasteiger partial charge on any atom is 0.416 e. The third-order valence-corrected chi connectivity index (χ3v) is 4.29. The van der Waals surface area contributed by atoms with Gasteiger partial charge in [0.25, 0.3) is 0 Å². The van der Waals surface area contributed by atoms with E-state index in [1.54, 1.807) is 6.07 Å². The fourth-order valence-corrected chi connectivity index (χ4v) is 2.93. The Morgan fingerprint density at radius 3 is 2.83 bits per heavy atom. The summed E-state index contributed by atoms with van der Waals surface area (Å²) in [7, 11) is 1.95. The molecule has 1 saturated heterocycles. The van der Waals surface area contributed by atoms with E-state index in [4.69, 9.17) is 0 Å². The van der Waals surface area contributed by atoms with Gasteiger partial charge in [-0.15, -0.1) is 0 Å². The van der Waals surface area contributed by atoms with Crippen LogP contribution in [0.25, 0.3) is 0 Å². The smallest absolute Gasteiger partial charge is 0.354 e. The van der Waals surface area contributed by atoms with Gasteiger partial charge in [-0.3, -0.25) is 9.69 Å². The van der Waals surface area contributed by atoms with Gasteiger partial charge in [0.05, 0.1) is 11.6 Å². The average Bonchev–Trinajstić information content (AvgIpc) is 2.71. The van der Waals surface area contributed by atoms with Gasteiger partial charge in [0.1, 0.15) is 0 Å². The van der Waals surface area contributed by atoms with Gasteiger partial charge in [-0.2, -0.15) is 13.2 Å². The van der Waals surface area contributed by atoms with Crippen LogP contribution in [0.3, 0.4) is 0 Å². The monoisotopic (exact) mass is 328 g/mol. The molecule has 1 amide bonds. The second kappa shape index (κ2) is 7.81. The molecule has 0 spiro atoms. The summed E-state index contributed by atoms with van der Waals surface area (Å²) >= 11 is 0. The van der Waals surface area contributed by atoms with E-state index in [1.165, 1.54) is 6.07 Å². The average molecular weight is 328 g/mol. The van der Waals surface area contributed by atoms with E-state index in [-0.39, 0.29) is 11.9 Å². The quantitative estimate of drug-likeness (QED) is 0.920. The zero-order valence-corrected chi connectivity index (χ0v) is 13.3. The first-order chi connectivity index (χ1) is 10.9. The standard InChI is InChI=1S/C17H23F3N2O/c1-22-11-4-2-3-8-15(22)16(23)21-10-9-13-6-5-7-14(12-13)17(18,19)20/h5-7,12,15H,2-4,8-11H2,1H3,(H,21,23)/t15-/m1/s1. The van der Waals surface area contributed by atoms with Gasteiger partial charge >= 0.3 is 6.18 Å². The van der Waals surface area contributed by atoms with Gasteiger partial charge in [0, 0.05) is 6.54 Å². The predicted octanol–water partition coefficient (Wildman–Crippen LogP) is 3.24. The normalized spacial score (nSPS) is 20.1.